The number of ether oxygens (including phenoxy) is 2. The van der Waals surface area contributed by atoms with Crippen LogP contribution in [0.4, 0.5) is 0 Å². The Morgan fingerprint density at radius 3 is 2.92 bits per heavy atom. The summed E-state index contributed by atoms with van der Waals surface area (Å²) < 4.78 is 9.96. The molecule has 0 radical (unpaired) electrons. The van der Waals surface area contributed by atoms with Gasteiger partial charge >= 0.3 is 5.97 Å². The standard InChI is InChI=1S/C9H17NO3/c1-12-8(11)5-9(6-10)3-2-4-13-7-9/h2-7,10H2,1H3. The van der Waals surface area contributed by atoms with Crippen LogP contribution in [-0.2, 0) is 14.3 Å². The van der Waals surface area contributed by atoms with Crippen LogP contribution in [0.25, 0.3) is 0 Å². The summed E-state index contributed by atoms with van der Waals surface area (Å²) >= 11 is 0. The fourth-order valence-corrected chi connectivity index (χ4v) is 1.66. The van der Waals surface area contributed by atoms with E-state index >= 15 is 0 Å². The van der Waals surface area contributed by atoms with Gasteiger partial charge in [0.25, 0.3) is 0 Å². The topological polar surface area (TPSA) is 61.5 Å². The molecule has 0 amide bonds. The zero-order valence-corrected chi connectivity index (χ0v) is 8.04. The van der Waals surface area contributed by atoms with Gasteiger partial charge in [-0.1, -0.05) is 0 Å². The van der Waals surface area contributed by atoms with Crippen molar-refractivity contribution >= 4 is 5.97 Å². The number of esters is 1. The van der Waals surface area contributed by atoms with Crippen LogP contribution in [0.15, 0.2) is 0 Å². The lowest BCUT2D eigenvalue weighted by Crippen LogP contribution is -2.40. The molecule has 2 N–H and O–H groups in total. The van der Waals surface area contributed by atoms with E-state index in [0.717, 1.165) is 19.4 Å². The number of nitrogens with two attached hydrogens (primary N) is 1. The molecule has 1 aliphatic heterocycles. The summed E-state index contributed by atoms with van der Waals surface area (Å²) in [5.74, 6) is -0.198. The van der Waals surface area contributed by atoms with E-state index in [9.17, 15) is 4.79 Å². The van der Waals surface area contributed by atoms with Crippen molar-refractivity contribution in [2.45, 2.75) is 19.3 Å². The van der Waals surface area contributed by atoms with Crippen molar-refractivity contribution in [3.63, 3.8) is 0 Å². The third-order valence-electron chi connectivity index (χ3n) is 2.58. The van der Waals surface area contributed by atoms with Crippen LogP contribution in [0.2, 0.25) is 0 Å². The lowest BCUT2D eigenvalue weighted by Gasteiger charge is -2.34. The summed E-state index contributed by atoms with van der Waals surface area (Å²) in [7, 11) is 1.40. The first-order chi connectivity index (χ1) is 6.22. The predicted octanol–water partition coefficient (Wildman–Crippen LogP) is 0.305. The summed E-state index contributed by atoms with van der Waals surface area (Å²) in [5, 5.41) is 0. The molecule has 1 unspecified atom stereocenters. The molecule has 0 aromatic carbocycles. The van der Waals surface area contributed by atoms with E-state index in [4.69, 9.17) is 10.5 Å². The Bertz CT molecular complexity index is 176. The molecule has 1 fully saturated rings. The molecule has 4 heteroatoms. The van der Waals surface area contributed by atoms with Crippen LogP contribution in [0, 0.1) is 5.41 Å². The molecule has 1 heterocycles. The zero-order valence-electron chi connectivity index (χ0n) is 8.04. The van der Waals surface area contributed by atoms with Crippen LogP contribution < -0.4 is 5.73 Å². The SMILES string of the molecule is COC(=O)CC1(CN)CCCOC1. The number of carbonyl (C=O) groups is 1. The summed E-state index contributed by atoms with van der Waals surface area (Å²) in [6.07, 6.45) is 2.31. The second kappa shape index (κ2) is 4.58. The summed E-state index contributed by atoms with van der Waals surface area (Å²) in [6.45, 7) is 1.85. The Hall–Kier alpha value is -0.610. The van der Waals surface area contributed by atoms with E-state index in [0.29, 0.717) is 19.6 Å². The number of hydrogen-bond donors (Lipinski definition) is 1. The lowest BCUT2D eigenvalue weighted by atomic mass is 9.79. The average Bonchev–Trinajstić information content (AvgIpc) is 2.19. The lowest BCUT2D eigenvalue weighted by molar-refractivity contribution is -0.145. The highest BCUT2D eigenvalue weighted by atomic mass is 16.5. The third-order valence-corrected chi connectivity index (χ3v) is 2.58. The molecule has 4 nitrogen and oxygen atoms in total. The highest BCUT2D eigenvalue weighted by molar-refractivity contribution is 5.70. The van der Waals surface area contributed by atoms with Gasteiger partial charge in [-0.3, -0.25) is 4.79 Å². The Morgan fingerprint density at radius 1 is 1.69 bits per heavy atom. The van der Waals surface area contributed by atoms with Crippen molar-refractivity contribution in [1.82, 2.24) is 0 Å². The molecule has 0 bridgehead atoms. The minimum atomic E-state index is -0.198. The van der Waals surface area contributed by atoms with Gasteiger partial charge in [0.1, 0.15) is 0 Å². The molecule has 0 aliphatic carbocycles. The van der Waals surface area contributed by atoms with Gasteiger partial charge in [-0.05, 0) is 12.8 Å². The maximum Gasteiger partial charge on any atom is 0.306 e. The van der Waals surface area contributed by atoms with Crippen molar-refractivity contribution < 1.29 is 14.3 Å². The minimum absolute atomic E-state index is 0.175. The van der Waals surface area contributed by atoms with Gasteiger partial charge < -0.3 is 15.2 Å². The summed E-state index contributed by atoms with van der Waals surface area (Å²) in [4.78, 5) is 11.1. The Labute approximate surface area is 78.4 Å². The van der Waals surface area contributed by atoms with Crippen molar-refractivity contribution in [2.75, 3.05) is 26.9 Å². The van der Waals surface area contributed by atoms with Crippen LogP contribution in [0.1, 0.15) is 19.3 Å². The first kappa shape index (κ1) is 10.5. The highest BCUT2D eigenvalue weighted by Gasteiger charge is 2.34. The molecular formula is C9H17NO3. The molecule has 0 spiro atoms. The number of methoxy groups -OCH3 is 1. The zero-order chi connectivity index (χ0) is 9.73. The molecule has 1 saturated heterocycles. The Morgan fingerprint density at radius 2 is 2.46 bits per heavy atom. The summed E-state index contributed by atoms with van der Waals surface area (Å²) in [6, 6.07) is 0. The van der Waals surface area contributed by atoms with Gasteiger partial charge in [0.05, 0.1) is 20.1 Å². The van der Waals surface area contributed by atoms with Gasteiger partial charge in [-0.2, -0.15) is 0 Å². The molecule has 0 aromatic rings. The van der Waals surface area contributed by atoms with Crippen molar-refractivity contribution in [3.8, 4) is 0 Å². The van der Waals surface area contributed by atoms with E-state index < -0.39 is 0 Å². The maximum atomic E-state index is 11.1. The van der Waals surface area contributed by atoms with Crippen LogP contribution in [-0.4, -0.2) is 32.8 Å². The van der Waals surface area contributed by atoms with E-state index in [1.165, 1.54) is 7.11 Å². The molecular weight excluding hydrogens is 170 g/mol. The molecule has 13 heavy (non-hydrogen) atoms. The second-order valence-corrected chi connectivity index (χ2v) is 3.61. The fourth-order valence-electron chi connectivity index (χ4n) is 1.66. The molecule has 0 saturated carbocycles. The van der Waals surface area contributed by atoms with E-state index in [1.807, 2.05) is 0 Å². The number of rotatable bonds is 3. The van der Waals surface area contributed by atoms with Crippen molar-refractivity contribution in [2.24, 2.45) is 11.1 Å². The fraction of sp³-hybridized carbons (Fsp3) is 0.889. The van der Waals surface area contributed by atoms with Crippen molar-refractivity contribution in [1.29, 1.82) is 0 Å². The Balaban J connectivity index is 2.52. The molecule has 1 rings (SSSR count). The second-order valence-electron chi connectivity index (χ2n) is 3.61. The average molecular weight is 187 g/mol. The molecule has 0 aromatic heterocycles. The largest absolute Gasteiger partial charge is 0.469 e. The monoisotopic (exact) mass is 187 g/mol. The van der Waals surface area contributed by atoms with Gasteiger partial charge in [-0.25, -0.2) is 0 Å². The van der Waals surface area contributed by atoms with Crippen molar-refractivity contribution in [3.05, 3.63) is 0 Å². The van der Waals surface area contributed by atoms with Gasteiger partial charge in [0.15, 0.2) is 0 Å². The van der Waals surface area contributed by atoms with Crippen LogP contribution in [0.3, 0.4) is 0 Å². The van der Waals surface area contributed by atoms with Crippen LogP contribution in [0.5, 0.6) is 0 Å². The Kier molecular flexibility index (Phi) is 3.69. The normalized spacial score (nSPS) is 28.5. The third kappa shape index (κ3) is 2.67. The van der Waals surface area contributed by atoms with E-state index in [1.54, 1.807) is 0 Å². The highest BCUT2D eigenvalue weighted by Crippen LogP contribution is 2.31. The quantitative estimate of drug-likeness (QED) is 0.646. The van der Waals surface area contributed by atoms with Gasteiger partial charge in [0.2, 0.25) is 0 Å². The van der Waals surface area contributed by atoms with E-state index in [2.05, 4.69) is 4.74 Å². The predicted molar refractivity (Wildman–Crippen MR) is 48.2 cm³/mol. The maximum absolute atomic E-state index is 11.1. The first-order valence-corrected chi connectivity index (χ1v) is 4.57. The van der Waals surface area contributed by atoms with Gasteiger partial charge in [0, 0.05) is 18.6 Å². The molecule has 76 valence electrons. The molecule has 1 aliphatic rings. The van der Waals surface area contributed by atoms with Crippen LogP contribution >= 0.6 is 0 Å². The summed E-state index contributed by atoms with van der Waals surface area (Å²) in [5.41, 5.74) is 5.48. The molecule has 1 atom stereocenters. The first-order valence-electron chi connectivity index (χ1n) is 4.57. The number of carbonyl (C=O) groups excluding carboxylic acids is 1. The minimum Gasteiger partial charge on any atom is -0.469 e. The van der Waals surface area contributed by atoms with E-state index in [-0.39, 0.29) is 11.4 Å². The smallest absolute Gasteiger partial charge is 0.306 e. The number of hydrogen-bond acceptors (Lipinski definition) is 4. The van der Waals surface area contributed by atoms with Gasteiger partial charge in [-0.15, -0.1) is 0 Å².